The van der Waals surface area contributed by atoms with Crippen molar-refractivity contribution < 1.29 is 18.7 Å². The average molecular weight is 395 g/mol. The highest BCUT2D eigenvalue weighted by Crippen LogP contribution is 2.64. The van der Waals surface area contributed by atoms with Crippen LogP contribution < -0.4 is 0 Å². The third-order valence-corrected chi connectivity index (χ3v) is 6.85. The summed E-state index contributed by atoms with van der Waals surface area (Å²) in [7, 11) is 0. The molecule has 0 radical (unpaired) electrons. The summed E-state index contributed by atoms with van der Waals surface area (Å²) in [4.78, 5) is 24.9. The van der Waals surface area contributed by atoms with E-state index in [1.165, 1.54) is 30.7 Å². The number of carbonyl (C=O) groups excluding carboxylic acids is 2. The lowest BCUT2D eigenvalue weighted by atomic mass is 9.49. The Morgan fingerprint density at radius 3 is 2.33 bits per heavy atom. The number of ether oxygens (including phenoxy) is 1. The largest absolute Gasteiger partial charge is 0.457 e. The number of rotatable bonds is 4. The lowest BCUT2D eigenvalue weighted by Crippen LogP contribution is -2.56. The number of halogens is 2. The van der Waals surface area contributed by atoms with Gasteiger partial charge >= 0.3 is 5.97 Å². The molecule has 0 aromatic heterocycles. The lowest BCUT2D eigenvalue weighted by Gasteiger charge is -2.58. The second kappa shape index (κ2) is 5.65. The molecule has 0 aliphatic heterocycles. The van der Waals surface area contributed by atoms with Crippen LogP contribution in [0, 0.1) is 23.1 Å². The van der Waals surface area contributed by atoms with E-state index in [2.05, 4.69) is 15.9 Å². The predicted molar refractivity (Wildman–Crippen MR) is 90.5 cm³/mol. The van der Waals surface area contributed by atoms with E-state index < -0.39 is 5.41 Å². The molecule has 4 aliphatic carbocycles. The van der Waals surface area contributed by atoms with Gasteiger partial charge in [0.2, 0.25) is 0 Å². The van der Waals surface area contributed by atoms with Gasteiger partial charge in [-0.15, -0.1) is 0 Å². The zero-order valence-corrected chi connectivity index (χ0v) is 15.0. The van der Waals surface area contributed by atoms with E-state index in [0.29, 0.717) is 17.4 Å². The second-order valence-electron chi connectivity index (χ2n) is 7.90. The van der Waals surface area contributed by atoms with Gasteiger partial charge < -0.3 is 4.74 Å². The van der Waals surface area contributed by atoms with Crippen molar-refractivity contribution in [3.8, 4) is 0 Å². The molecule has 0 amide bonds. The third kappa shape index (κ3) is 2.81. The smallest absolute Gasteiger partial charge is 0.312 e. The fraction of sp³-hybridized carbons (Fsp3) is 0.579. The topological polar surface area (TPSA) is 43.4 Å². The number of hydrogen-bond donors (Lipinski definition) is 0. The molecule has 3 nitrogen and oxygen atoms in total. The molecule has 0 heterocycles. The zero-order chi connectivity index (χ0) is 16.9. The summed E-state index contributed by atoms with van der Waals surface area (Å²) in [6.07, 6.45) is 6.11. The number of Topliss-reactive ketones (excluding diaryl/α,β-unsaturated/α-hetero) is 1. The van der Waals surface area contributed by atoms with Gasteiger partial charge in [-0.1, -0.05) is 15.9 Å². The van der Waals surface area contributed by atoms with Gasteiger partial charge in [0, 0.05) is 9.89 Å². The molecule has 128 valence electrons. The maximum absolute atomic E-state index is 12.9. The first kappa shape index (κ1) is 16.2. The molecule has 0 N–H and O–H groups in total. The summed E-state index contributed by atoms with van der Waals surface area (Å²) < 4.78 is 18.4. The van der Waals surface area contributed by atoms with Crippen molar-refractivity contribution in [2.75, 3.05) is 6.61 Å². The predicted octanol–water partition coefficient (Wildman–Crippen LogP) is 4.29. The van der Waals surface area contributed by atoms with Crippen LogP contribution in [-0.4, -0.2) is 22.7 Å². The van der Waals surface area contributed by atoms with E-state index >= 15 is 0 Å². The summed E-state index contributed by atoms with van der Waals surface area (Å²) in [5, 5.41) is 0. The zero-order valence-electron chi connectivity index (χ0n) is 13.4. The summed E-state index contributed by atoms with van der Waals surface area (Å²) in [6.45, 7) is -0.267. The van der Waals surface area contributed by atoms with Crippen molar-refractivity contribution in [3.63, 3.8) is 0 Å². The number of benzene rings is 1. The van der Waals surface area contributed by atoms with Gasteiger partial charge in [0.05, 0.1) is 5.41 Å². The molecule has 5 rings (SSSR count). The molecule has 1 aromatic rings. The van der Waals surface area contributed by atoms with Crippen LogP contribution in [0.3, 0.4) is 0 Å². The van der Waals surface area contributed by atoms with Gasteiger partial charge in [0.25, 0.3) is 0 Å². The quantitative estimate of drug-likeness (QED) is 0.434. The first-order valence-electron chi connectivity index (χ1n) is 8.52. The van der Waals surface area contributed by atoms with Crippen molar-refractivity contribution in [3.05, 3.63) is 35.6 Å². The van der Waals surface area contributed by atoms with E-state index in [1.54, 1.807) is 0 Å². The van der Waals surface area contributed by atoms with Crippen molar-refractivity contribution in [2.45, 2.75) is 42.8 Å². The number of hydrogen-bond acceptors (Lipinski definition) is 3. The molecule has 2 unspecified atom stereocenters. The molecule has 0 saturated heterocycles. The molecule has 0 spiro atoms. The second-order valence-corrected chi connectivity index (χ2v) is 9.58. The molecule has 4 aliphatic rings. The highest BCUT2D eigenvalue weighted by Gasteiger charge is 2.60. The average Bonchev–Trinajstić information content (AvgIpc) is 2.50. The summed E-state index contributed by atoms with van der Waals surface area (Å²) >= 11 is 3.87. The van der Waals surface area contributed by atoms with E-state index in [0.717, 1.165) is 32.1 Å². The van der Waals surface area contributed by atoms with Crippen molar-refractivity contribution in [2.24, 2.45) is 17.3 Å². The molecule has 4 fully saturated rings. The van der Waals surface area contributed by atoms with E-state index in [4.69, 9.17) is 4.74 Å². The van der Waals surface area contributed by atoms with Gasteiger partial charge in [0.1, 0.15) is 5.82 Å². The maximum Gasteiger partial charge on any atom is 0.312 e. The van der Waals surface area contributed by atoms with Gasteiger partial charge in [0.15, 0.2) is 12.4 Å². The van der Waals surface area contributed by atoms with Crippen molar-refractivity contribution in [1.82, 2.24) is 0 Å². The summed E-state index contributed by atoms with van der Waals surface area (Å²) in [6, 6.07) is 5.32. The van der Waals surface area contributed by atoms with Crippen molar-refractivity contribution in [1.29, 1.82) is 0 Å². The Balaban J connectivity index is 1.43. The highest BCUT2D eigenvalue weighted by molar-refractivity contribution is 9.10. The van der Waals surface area contributed by atoms with Crippen LogP contribution >= 0.6 is 15.9 Å². The maximum atomic E-state index is 12.9. The van der Waals surface area contributed by atoms with Gasteiger partial charge in [-0.25, -0.2) is 4.39 Å². The molecule has 4 saturated carbocycles. The summed E-state index contributed by atoms with van der Waals surface area (Å²) in [5.41, 5.74) is -0.0527. The third-order valence-electron chi connectivity index (χ3n) is 5.92. The molecule has 4 bridgehead atoms. The van der Waals surface area contributed by atoms with Gasteiger partial charge in [-0.3, -0.25) is 9.59 Å². The molecule has 2 atom stereocenters. The minimum Gasteiger partial charge on any atom is -0.457 e. The number of alkyl halides is 1. The number of esters is 1. The van der Waals surface area contributed by atoms with Crippen LogP contribution in [0.4, 0.5) is 4.39 Å². The van der Waals surface area contributed by atoms with Crippen LogP contribution in [0.5, 0.6) is 0 Å². The first-order valence-corrected chi connectivity index (χ1v) is 9.32. The van der Waals surface area contributed by atoms with Crippen molar-refractivity contribution >= 4 is 27.7 Å². The van der Waals surface area contributed by atoms with E-state index in [1.807, 2.05) is 0 Å². The Hall–Kier alpha value is -1.23. The fourth-order valence-corrected chi connectivity index (χ4v) is 6.85. The standard InChI is InChI=1S/C19H20BrFO3/c20-19-8-12-5-13(9-19)7-18(6-12,11-19)17(23)24-10-16(22)14-1-3-15(21)4-2-14/h1-4,12-13H,5-11H2. The van der Waals surface area contributed by atoms with Crippen LogP contribution in [-0.2, 0) is 9.53 Å². The monoisotopic (exact) mass is 394 g/mol. The SMILES string of the molecule is O=C(COC(=O)C12CC3CC(CC(Br)(C3)C1)C2)c1ccc(F)cc1. The van der Waals surface area contributed by atoms with Crippen LogP contribution in [0.2, 0.25) is 0 Å². The number of carbonyl (C=O) groups is 2. The Labute approximate surface area is 149 Å². The van der Waals surface area contributed by atoms with Gasteiger partial charge in [-0.05, 0) is 74.6 Å². The Morgan fingerprint density at radius 2 is 1.75 bits per heavy atom. The van der Waals surface area contributed by atoms with Crippen LogP contribution in [0.25, 0.3) is 0 Å². The lowest BCUT2D eigenvalue weighted by molar-refractivity contribution is -0.168. The Bertz CT molecular complexity index is 670. The Kier molecular flexibility index (Phi) is 3.83. The van der Waals surface area contributed by atoms with Crippen LogP contribution in [0.15, 0.2) is 24.3 Å². The Morgan fingerprint density at radius 1 is 1.12 bits per heavy atom. The molecule has 5 heteroatoms. The summed E-state index contributed by atoms with van der Waals surface area (Å²) in [5.74, 6) is 0.272. The first-order chi connectivity index (χ1) is 11.4. The minimum absolute atomic E-state index is 0.0804. The van der Waals surface area contributed by atoms with E-state index in [9.17, 15) is 14.0 Å². The number of ketones is 1. The molecule has 1 aromatic carbocycles. The molecule has 24 heavy (non-hydrogen) atoms. The van der Waals surface area contributed by atoms with Crippen LogP contribution in [0.1, 0.15) is 48.9 Å². The molecular weight excluding hydrogens is 375 g/mol. The highest BCUT2D eigenvalue weighted by atomic mass is 79.9. The fourth-order valence-electron chi connectivity index (χ4n) is 5.39. The van der Waals surface area contributed by atoms with E-state index in [-0.39, 0.29) is 28.5 Å². The minimum atomic E-state index is -0.420. The normalized spacial score (nSPS) is 36.6. The van der Waals surface area contributed by atoms with Gasteiger partial charge in [-0.2, -0.15) is 0 Å². The molecular formula is C19H20BrFO3.